The molecule has 80 heavy (non-hydrogen) atoms. The zero-order chi connectivity index (χ0) is 56.6. The zero-order valence-electron chi connectivity index (χ0n) is 50.3. The molecule has 0 bridgehead atoms. The average Bonchev–Trinajstić information content (AvgIpc) is 4.20. The Morgan fingerprint density at radius 1 is 0.525 bits per heavy atom. The molecule has 0 N–H and O–H groups in total. The van der Waals surface area contributed by atoms with Gasteiger partial charge >= 0.3 is 0 Å². The van der Waals surface area contributed by atoms with Crippen molar-refractivity contribution >= 4 is 33.2 Å². The molecule has 1 aliphatic heterocycles. The minimum atomic E-state index is -0.440. The van der Waals surface area contributed by atoms with Crippen LogP contribution in [0.5, 0.6) is 11.5 Å². The molecule has 0 spiro atoms. The first kappa shape index (κ1) is 58.0. The van der Waals surface area contributed by atoms with Gasteiger partial charge in [0.05, 0.1) is 0 Å². The maximum absolute atomic E-state index is 7.42. The number of para-hydroxylation sites is 1. The molecule has 10 rings (SSSR count). The quantitative estimate of drug-likeness (QED) is 0.114. The number of aromatic nitrogens is 2. The van der Waals surface area contributed by atoms with Gasteiger partial charge in [-0.25, -0.2) is 4.98 Å². The summed E-state index contributed by atoms with van der Waals surface area (Å²) in [5.41, 5.74) is 16.4. The van der Waals surface area contributed by atoms with E-state index in [1.54, 1.807) is 0 Å². The smallest absolute Gasteiger partial charge is 0.135 e. The van der Waals surface area contributed by atoms with Crippen LogP contribution in [-0.2, 0) is 42.7 Å². The molecule has 5 nitrogen and oxygen atoms in total. The minimum Gasteiger partial charge on any atom is -0.509 e. The second kappa shape index (κ2) is 21.7. The predicted octanol–water partition coefficient (Wildman–Crippen LogP) is 20.1. The summed E-state index contributed by atoms with van der Waals surface area (Å²) >= 11 is 0. The Kier molecular flexibility index (Phi) is 15.7. The molecule has 0 atom stereocenters. The first-order chi connectivity index (χ1) is 37.2. The zero-order valence-corrected chi connectivity index (χ0v) is 52.6. The van der Waals surface area contributed by atoms with E-state index in [0.29, 0.717) is 11.5 Å². The summed E-state index contributed by atoms with van der Waals surface area (Å²) in [5, 5.41) is 2.27. The van der Waals surface area contributed by atoms with Crippen molar-refractivity contribution in [3.05, 3.63) is 233 Å². The van der Waals surface area contributed by atoms with E-state index in [0.717, 1.165) is 50.1 Å². The molecule has 0 radical (unpaired) electrons. The molecule has 0 fully saturated rings. The van der Waals surface area contributed by atoms with Gasteiger partial charge in [0, 0.05) is 66.5 Å². The third-order valence-corrected chi connectivity index (χ3v) is 16.5. The van der Waals surface area contributed by atoms with E-state index in [1.807, 2.05) is 6.20 Å². The minimum absolute atomic E-state index is 0. The summed E-state index contributed by atoms with van der Waals surface area (Å²) in [6.45, 7) is 41.4. The van der Waals surface area contributed by atoms with Crippen molar-refractivity contribution in [1.29, 1.82) is 0 Å². The molecule has 0 saturated heterocycles. The molecule has 9 aromatic rings. The van der Waals surface area contributed by atoms with Crippen LogP contribution >= 0.6 is 0 Å². The van der Waals surface area contributed by atoms with Gasteiger partial charge in [-0.15, -0.1) is 53.8 Å². The van der Waals surface area contributed by atoms with E-state index in [-0.39, 0.29) is 54.6 Å². The van der Waals surface area contributed by atoms with E-state index in [1.165, 1.54) is 50.2 Å². The van der Waals surface area contributed by atoms with Gasteiger partial charge in [-0.05, 0) is 115 Å². The summed E-state index contributed by atoms with van der Waals surface area (Å²) in [5.74, 6) is 2.62. The Morgan fingerprint density at radius 3 is 1.70 bits per heavy atom. The van der Waals surface area contributed by atoms with Crippen LogP contribution in [0.4, 0.5) is 11.4 Å². The standard InChI is InChI=1S/C74H81N4O.Pt/c1-48(2)60-32-26-33-61(49(3)4)68(60)50-37-56(76-46-66(72(11,12)13)77(47-76)57-40-54(71(8,9)10)39-55(41-57)73(14,15)51-27-20-18-21-28-51)43-58(38-50)79-59-44-63(74(16,17)52-29-22-19-23-30-52)69-62-31-24-25-34-64(62)78(65(69)45-59)67-42-53(35-36-75-67)70(5,6)7;/h18-42,44,46-49H,1-17H3;/q-3;. The van der Waals surface area contributed by atoms with Crippen molar-refractivity contribution in [2.24, 2.45) is 5.41 Å². The third kappa shape index (κ3) is 11.1. The van der Waals surface area contributed by atoms with Crippen LogP contribution in [0.15, 0.2) is 170 Å². The van der Waals surface area contributed by atoms with E-state index in [2.05, 4.69) is 309 Å². The third-order valence-electron chi connectivity index (χ3n) is 16.5. The topological polar surface area (TPSA) is 33.5 Å². The maximum atomic E-state index is 7.42. The largest absolute Gasteiger partial charge is 0.509 e. The number of nitrogens with zero attached hydrogens (tertiary/aromatic N) is 4. The first-order valence-electron chi connectivity index (χ1n) is 28.5. The second-order valence-electron chi connectivity index (χ2n) is 26.8. The molecule has 1 aliphatic rings. The van der Waals surface area contributed by atoms with Crippen LogP contribution in [0.1, 0.15) is 174 Å². The molecule has 2 aromatic heterocycles. The summed E-state index contributed by atoms with van der Waals surface area (Å²) < 4.78 is 9.70. The molecule has 0 saturated carbocycles. The van der Waals surface area contributed by atoms with E-state index in [9.17, 15) is 0 Å². The maximum Gasteiger partial charge on any atom is 0.135 e. The predicted molar refractivity (Wildman–Crippen MR) is 334 cm³/mol. The fourth-order valence-electron chi connectivity index (χ4n) is 11.5. The number of rotatable bonds is 12. The Labute approximate surface area is 493 Å². The van der Waals surface area contributed by atoms with Crippen LogP contribution in [0.25, 0.3) is 38.8 Å². The normalized spacial score (nSPS) is 13.7. The van der Waals surface area contributed by atoms with Crippen LogP contribution < -0.4 is 14.5 Å². The van der Waals surface area contributed by atoms with Gasteiger partial charge in [0.2, 0.25) is 0 Å². The van der Waals surface area contributed by atoms with Gasteiger partial charge in [-0.2, -0.15) is 0 Å². The van der Waals surface area contributed by atoms with Gasteiger partial charge in [0.25, 0.3) is 0 Å². The van der Waals surface area contributed by atoms with Crippen LogP contribution in [0, 0.1) is 24.2 Å². The van der Waals surface area contributed by atoms with Gasteiger partial charge in [0.15, 0.2) is 0 Å². The SMILES string of the molecule is CC(C)c1cccc(C(C)C)c1-c1cc(Oc2[c-]c3c(c(C(C)(C)c4ccccc4)c2)c2ccccc2n3-c2cc(C(C)(C)C)ccn2)[c-]c(N2C=C(C(C)(C)C)N(c3cc(C(C)(C)C)cc(C(C)(C)c4ccccc4)c3)[CH-]2)c1.[Pt]. The van der Waals surface area contributed by atoms with E-state index < -0.39 is 5.41 Å². The number of allylic oxidation sites excluding steroid dienone is 1. The fraction of sp³-hybridized carbons (Fsp3) is 0.324. The summed E-state index contributed by atoms with van der Waals surface area (Å²) in [6, 6.07) is 63.3. The number of pyridine rings is 1. The molecule has 3 heterocycles. The van der Waals surface area contributed by atoms with Gasteiger partial charge < -0.3 is 19.1 Å². The van der Waals surface area contributed by atoms with Crippen LogP contribution in [0.3, 0.4) is 0 Å². The summed E-state index contributed by atoms with van der Waals surface area (Å²) in [7, 11) is 0. The molecule has 416 valence electrons. The molecular weight excluding hydrogens is 1160 g/mol. The fourth-order valence-corrected chi connectivity index (χ4v) is 11.5. The number of hydrogen-bond acceptors (Lipinski definition) is 4. The molecule has 0 amide bonds. The van der Waals surface area contributed by atoms with Crippen molar-refractivity contribution in [2.45, 2.75) is 151 Å². The first-order valence-corrected chi connectivity index (χ1v) is 28.5. The van der Waals surface area contributed by atoms with Crippen molar-refractivity contribution in [2.75, 3.05) is 9.80 Å². The van der Waals surface area contributed by atoms with E-state index in [4.69, 9.17) is 9.72 Å². The number of anilines is 2. The molecular formula is C74H81N4OPt-3. The van der Waals surface area contributed by atoms with Crippen molar-refractivity contribution in [1.82, 2.24) is 9.55 Å². The van der Waals surface area contributed by atoms with Crippen LogP contribution in [-0.4, -0.2) is 9.55 Å². The Bertz CT molecular complexity index is 3720. The Morgan fingerprint density at radius 2 is 1.10 bits per heavy atom. The average molecular weight is 1240 g/mol. The van der Waals surface area contributed by atoms with Crippen LogP contribution in [0.2, 0.25) is 0 Å². The second-order valence-corrected chi connectivity index (χ2v) is 26.8. The van der Waals surface area contributed by atoms with Crippen molar-refractivity contribution in [3.63, 3.8) is 0 Å². The summed E-state index contributed by atoms with van der Waals surface area (Å²) in [6.07, 6.45) is 4.24. The van der Waals surface area contributed by atoms with Gasteiger partial charge in [-0.3, -0.25) is 0 Å². The molecule has 7 aromatic carbocycles. The molecule has 6 heteroatoms. The number of ether oxygens (including phenoxy) is 1. The Balaban J connectivity index is 0.00000774. The number of benzene rings is 7. The number of fused-ring (bicyclic) bond motifs is 3. The van der Waals surface area contributed by atoms with E-state index >= 15 is 0 Å². The van der Waals surface area contributed by atoms with Crippen molar-refractivity contribution in [3.8, 4) is 28.4 Å². The molecule has 0 aliphatic carbocycles. The number of hydrogen-bond donors (Lipinski definition) is 0. The van der Waals surface area contributed by atoms with Crippen molar-refractivity contribution < 1.29 is 25.8 Å². The van der Waals surface area contributed by atoms with Gasteiger partial charge in [-0.1, -0.05) is 232 Å². The van der Waals surface area contributed by atoms with Gasteiger partial charge in [0.1, 0.15) is 5.82 Å². The summed E-state index contributed by atoms with van der Waals surface area (Å²) in [4.78, 5) is 9.75. The Hall–Kier alpha value is -6.68. The monoisotopic (exact) mass is 1240 g/mol. The molecule has 0 unspecified atom stereocenters.